The molecule has 7 heteroatoms. The van der Waals surface area contributed by atoms with Gasteiger partial charge in [-0.25, -0.2) is 14.3 Å². The van der Waals surface area contributed by atoms with Gasteiger partial charge in [0, 0.05) is 37.2 Å². The molecule has 3 aromatic rings. The topological polar surface area (TPSA) is 74.6 Å². The summed E-state index contributed by atoms with van der Waals surface area (Å²) in [7, 11) is 0. The first-order chi connectivity index (χ1) is 12.7. The molecular weight excluding hydrogens is 328 g/mol. The zero-order valence-electron chi connectivity index (χ0n) is 14.7. The predicted octanol–water partition coefficient (Wildman–Crippen LogP) is 2.83. The van der Waals surface area contributed by atoms with E-state index in [4.69, 9.17) is 0 Å². The summed E-state index contributed by atoms with van der Waals surface area (Å²) in [6.07, 6.45) is 5.43. The van der Waals surface area contributed by atoms with Gasteiger partial charge in [-0.05, 0) is 38.0 Å². The largest absolute Gasteiger partial charge is 0.355 e. The lowest BCUT2D eigenvalue weighted by Crippen LogP contribution is -2.46. The van der Waals surface area contributed by atoms with Gasteiger partial charge in [0.15, 0.2) is 5.82 Å². The standard InChI is InChI=1S/C19H22N6O/c1-14-13-17-18(20-9-12-25(17)23-14)24-10-7-16(8-11-24)22-19(26)21-15-5-3-2-4-6-15/h2-6,9,12-13,16H,7-8,10-11H2,1H3,(H2,21,22,26). The number of rotatable bonds is 3. The average molecular weight is 350 g/mol. The molecule has 26 heavy (non-hydrogen) atoms. The van der Waals surface area contributed by atoms with E-state index >= 15 is 0 Å². The van der Waals surface area contributed by atoms with E-state index in [1.807, 2.05) is 48.0 Å². The van der Waals surface area contributed by atoms with Crippen LogP contribution in [0.3, 0.4) is 0 Å². The van der Waals surface area contributed by atoms with Gasteiger partial charge >= 0.3 is 6.03 Å². The fraction of sp³-hybridized carbons (Fsp3) is 0.316. The number of aromatic nitrogens is 3. The van der Waals surface area contributed by atoms with Crippen LogP contribution in [0.5, 0.6) is 0 Å². The monoisotopic (exact) mass is 350 g/mol. The molecule has 134 valence electrons. The van der Waals surface area contributed by atoms with Crippen LogP contribution in [0.1, 0.15) is 18.5 Å². The molecule has 0 spiro atoms. The van der Waals surface area contributed by atoms with E-state index < -0.39 is 0 Å². The minimum absolute atomic E-state index is 0.152. The number of aryl methyl sites for hydroxylation is 1. The fourth-order valence-electron chi connectivity index (χ4n) is 3.38. The summed E-state index contributed by atoms with van der Waals surface area (Å²) in [4.78, 5) is 19.0. The van der Waals surface area contributed by atoms with Crippen molar-refractivity contribution in [3.8, 4) is 0 Å². The third-order valence-corrected chi connectivity index (χ3v) is 4.65. The maximum Gasteiger partial charge on any atom is 0.319 e. The molecule has 0 aliphatic carbocycles. The van der Waals surface area contributed by atoms with Gasteiger partial charge in [-0.15, -0.1) is 0 Å². The lowest BCUT2D eigenvalue weighted by atomic mass is 10.1. The molecule has 0 atom stereocenters. The number of hydrogen-bond donors (Lipinski definition) is 2. The number of carbonyl (C=O) groups excluding carboxylic acids is 1. The predicted molar refractivity (Wildman–Crippen MR) is 102 cm³/mol. The van der Waals surface area contributed by atoms with Gasteiger partial charge in [0.25, 0.3) is 0 Å². The van der Waals surface area contributed by atoms with Gasteiger partial charge < -0.3 is 15.5 Å². The molecule has 2 aromatic heterocycles. The summed E-state index contributed by atoms with van der Waals surface area (Å²) in [5.74, 6) is 0.959. The zero-order chi connectivity index (χ0) is 17.9. The smallest absolute Gasteiger partial charge is 0.319 e. The molecular formula is C19H22N6O. The van der Waals surface area contributed by atoms with Gasteiger partial charge in [-0.2, -0.15) is 5.10 Å². The van der Waals surface area contributed by atoms with Crippen molar-refractivity contribution in [3.63, 3.8) is 0 Å². The van der Waals surface area contributed by atoms with Crippen molar-refractivity contribution in [2.24, 2.45) is 0 Å². The molecule has 0 radical (unpaired) electrons. The SMILES string of the molecule is Cc1cc2c(N3CCC(NC(=O)Nc4ccccc4)CC3)nccn2n1. The number of piperidine rings is 1. The highest BCUT2D eigenvalue weighted by Gasteiger charge is 2.23. The highest BCUT2D eigenvalue weighted by atomic mass is 16.2. The van der Waals surface area contributed by atoms with Crippen molar-refractivity contribution >= 4 is 23.1 Å². The van der Waals surface area contributed by atoms with Gasteiger partial charge in [0.2, 0.25) is 0 Å². The molecule has 1 aliphatic heterocycles. The van der Waals surface area contributed by atoms with Crippen molar-refractivity contribution < 1.29 is 4.79 Å². The van der Waals surface area contributed by atoms with Crippen LogP contribution in [0.25, 0.3) is 5.52 Å². The number of benzene rings is 1. The first kappa shape index (κ1) is 16.4. The van der Waals surface area contributed by atoms with Crippen LogP contribution >= 0.6 is 0 Å². The lowest BCUT2D eigenvalue weighted by molar-refractivity contribution is 0.246. The maximum absolute atomic E-state index is 12.1. The van der Waals surface area contributed by atoms with Crippen LogP contribution in [0.2, 0.25) is 0 Å². The Bertz CT molecular complexity index is 899. The summed E-state index contributed by atoms with van der Waals surface area (Å²) in [6.45, 7) is 3.69. The molecule has 2 N–H and O–H groups in total. The Balaban J connectivity index is 1.36. The summed E-state index contributed by atoms with van der Waals surface area (Å²) in [5.41, 5.74) is 2.81. The first-order valence-corrected chi connectivity index (χ1v) is 8.87. The lowest BCUT2D eigenvalue weighted by Gasteiger charge is -2.33. The van der Waals surface area contributed by atoms with Gasteiger partial charge in [0.1, 0.15) is 5.52 Å². The summed E-state index contributed by atoms with van der Waals surface area (Å²) in [6, 6.07) is 11.6. The van der Waals surface area contributed by atoms with E-state index in [2.05, 4.69) is 31.7 Å². The Labute approximate surface area is 152 Å². The molecule has 3 heterocycles. The van der Waals surface area contributed by atoms with Crippen molar-refractivity contribution in [3.05, 3.63) is 54.5 Å². The molecule has 4 rings (SSSR count). The number of carbonyl (C=O) groups is 1. The van der Waals surface area contributed by atoms with Crippen LogP contribution in [-0.2, 0) is 0 Å². The number of hydrogen-bond acceptors (Lipinski definition) is 4. The maximum atomic E-state index is 12.1. The van der Waals surface area contributed by atoms with E-state index in [0.29, 0.717) is 0 Å². The first-order valence-electron chi connectivity index (χ1n) is 8.87. The van der Waals surface area contributed by atoms with Gasteiger partial charge in [-0.1, -0.05) is 18.2 Å². The number of fused-ring (bicyclic) bond motifs is 1. The number of para-hydroxylation sites is 1. The minimum Gasteiger partial charge on any atom is -0.355 e. The Morgan fingerprint density at radius 1 is 1.19 bits per heavy atom. The van der Waals surface area contributed by atoms with Crippen molar-refractivity contribution in [1.82, 2.24) is 19.9 Å². The Morgan fingerprint density at radius 3 is 2.73 bits per heavy atom. The number of amides is 2. The number of nitrogens with zero attached hydrogens (tertiary/aromatic N) is 4. The van der Waals surface area contributed by atoms with Crippen LogP contribution in [-0.4, -0.2) is 39.8 Å². The Morgan fingerprint density at radius 2 is 1.96 bits per heavy atom. The molecule has 7 nitrogen and oxygen atoms in total. The highest BCUT2D eigenvalue weighted by molar-refractivity contribution is 5.89. The number of anilines is 2. The van der Waals surface area contributed by atoms with Gasteiger partial charge in [-0.3, -0.25) is 0 Å². The minimum atomic E-state index is -0.152. The zero-order valence-corrected chi connectivity index (χ0v) is 14.7. The normalized spacial score (nSPS) is 15.2. The van der Waals surface area contributed by atoms with Crippen LogP contribution < -0.4 is 15.5 Å². The van der Waals surface area contributed by atoms with E-state index in [1.54, 1.807) is 6.20 Å². The molecule has 1 aliphatic rings. The van der Waals surface area contributed by atoms with Crippen molar-refractivity contribution in [2.75, 3.05) is 23.3 Å². The van der Waals surface area contributed by atoms with E-state index in [0.717, 1.165) is 48.6 Å². The third-order valence-electron chi connectivity index (χ3n) is 4.65. The fourth-order valence-corrected chi connectivity index (χ4v) is 3.38. The molecule has 0 saturated carbocycles. The second-order valence-corrected chi connectivity index (χ2v) is 6.59. The van der Waals surface area contributed by atoms with Crippen molar-refractivity contribution in [1.29, 1.82) is 0 Å². The Hall–Kier alpha value is -3.09. The van der Waals surface area contributed by atoms with Crippen LogP contribution in [0, 0.1) is 6.92 Å². The molecule has 1 aromatic carbocycles. The molecule has 0 unspecified atom stereocenters. The van der Waals surface area contributed by atoms with Crippen molar-refractivity contribution in [2.45, 2.75) is 25.8 Å². The molecule has 0 bridgehead atoms. The van der Waals surface area contributed by atoms with E-state index in [-0.39, 0.29) is 12.1 Å². The van der Waals surface area contributed by atoms with E-state index in [1.165, 1.54) is 0 Å². The van der Waals surface area contributed by atoms with Crippen LogP contribution in [0.15, 0.2) is 48.8 Å². The second kappa shape index (κ2) is 7.03. The number of nitrogens with one attached hydrogen (secondary N) is 2. The van der Waals surface area contributed by atoms with E-state index in [9.17, 15) is 4.79 Å². The second-order valence-electron chi connectivity index (χ2n) is 6.59. The van der Waals surface area contributed by atoms with Gasteiger partial charge in [0.05, 0.1) is 5.69 Å². The summed E-state index contributed by atoms with van der Waals surface area (Å²) < 4.78 is 1.87. The highest BCUT2D eigenvalue weighted by Crippen LogP contribution is 2.23. The summed E-state index contributed by atoms with van der Waals surface area (Å²) in [5, 5.41) is 10.4. The summed E-state index contributed by atoms with van der Waals surface area (Å²) >= 11 is 0. The molecule has 1 saturated heterocycles. The molecule has 2 amide bonds. The Kier molecular flexibility index (Phi) is 4.43. The van der Waals surface area contributed by atoms with Crippen LogP contribution in [0.4, 0.5) is 16.3 Å². The molecule has 1 fully saturated rings. The average Bonchev–Trinajstić information content (AvgIpc) is 3.03. The third kappa shape index (κ3) is 3.46. The quantitative estimate of drug-likeness (QED) is 0.762. The number of urea groups is 1.